The second-order valence-corrected chi connectivity index (χ2v) is 8.65. The minimum Gasteiger partial charge on any atom is -0.293 e. The Morgan fingerprint density at radius 2 is 1.78 bits per heavy atom. The minimum atomic E-state index is -3.34. The van der Waals surface area contributed by atoms with Crippen LogP contribution in [0, 0.1) is 0 Å². The summed E-state index contributed by atoms with van der Waals surface area (Å²) < 4.78 is 25.9. The predicted molar refractivity (Wildman–Crippen MR) is 104 cm³/mol. The van der Waals surface area contributed by atoms with Crippen LogP contribution in [-0.2, 0) is 10.0 Å². The second-order valence-electron chi connectivity index (χ2n) is 5.70. The van der Waals surface area contributed by atoms with Gasteiger partial charge in [-0.15, -0.1) is 5.10 Å². The average molecular weight is 403 g/mol. The highest BCUT2D eigenvalue weighted by atomic mass is 32.2. The van der Waals surface area contributed by atoms with Gasteiger partial charge in [0.05, 0.1) is 23.4 Å². The fourth-order valence-corrected chi connectivity index (χ4v) is 3.55. The number of aromatic nitrogens is 4. The fraction of sp³-hybridized carbons (Fsp3) is 0.176. The van der Waals surface area contributed by atoms with Crippen LogP contribution in [0.2, 0.25) is 0 Å². The van der Waals surface area contributed by atoms with Crippen molar-refractivity contribution in [2.24, 2.45) is 0 Å². The molecule has 0 aliphatic rings. The van der Waals surface area contributed by atoms with E-state index >= 15 is 0 Å². The number of para-hydroxylation sites is 1. The molecule has 27 heavy (non-hydrogen) atoms. The molecule has 8 nitrogen and oxygen atoms in total. The molecule has 3 aromatic rings. The number of hydrogen-bond acceptors (Lipinski definition) is 7. The molecule has 1 aromatic heterocycles. The zero-order chi connectivity index (χ0) is 19.4. The average Bonchev–Trinajstić information content (AvgIpc) is 3.14. The lowest BCUT2D eigenvalue weighted by Crippen LogP contribution is -2.24. The van der Waals surface area contributed by atoms with Gasteiger partial charge in [-0.05, 0) is 46.8 Å². The summed E-state index contributed by atoms with van der Waals surface area (Å²) in [6.45, 7) is 0. The number of Topliss-reactive ketones (excluding diaryl/α,β-unsaturated/α-hetero) is 1. The van der Waals surface area contributed by atoms with Crippen LogP contribution in [-0.4, -0.2) is 53.5 Å². The fourth-order valence-electron chi connectivity index (χ4n) is 2.26. The first-order chi connectivity index (χ1) is 12.9. The van der Waals surface area contributed by atoms with Crippen LogP contribution in [0.15, 0.2) is 59.8 Å². The highest BCUT2D eigenvalue weighted by Crippen LogP contribution is 2.21. The number of benzene rings is 2. The number of ketones is 1. The predicted octanol–water partition coefficient (Wildman–Crippen LogP) is 2.03. The lowest BCUT2D eigenvalue weighted by Gasteiger charge is -2.16. The third-order valence-electron chi connectivity index (χ3n) is 3.82. The molecule has 0 atom stereocenters. The molecule has 0 aliphatic heterocycles. The number of carbonyl (C=O) groups excluding carboxylic acids is 1. The lowest BCUT2D eigenvalue weighted by molar-refractivity contribution is 0.102. The van der Waals surface area contributed by atoms with E-state index in [0.717, 1.165) is 16.2 Å². The summed E-state index contributed by atoms with van der Waals surface area (Å²) in [5, 5.41) is 12.1. The van der Waals surface area contributed by atoms with E-state index in [2.05, 4.69) is 15.5 Å². The molecule has 3 rings (SSSR count). The summed E-state index contributed by atoms with van der Waals surface area (Å²) in [4.78, 5) is 12.4. The molecule has 10 heteroatoms. The molecule has 0 bridgehead atoms. The van der Waals surface area contributed by atoms with Crippen LogP contribution < -0.4 is 4.31 Å². The number of thioether (sulfide) groups is 1. The number of carbonyl (C=O) groups is 1. The smallest absolute Gasteiger partial charge is 0.231 e. The van der Waals surface area contributed by atoms with Gasteiger partial charge in [-0.25, -0.2) is 8.42 Å². The largest absolute Gasteiger partial charge is 0.293 e. The van der Waals surface area contributed by atoms with E-state index in [1.54, 1.807) is 28.9 Å². The molecule has 0 radical (unpaired) electrons. The normalized spacial score (nSPS) is 11.3. The standard InChI is InChI=1S/C17H17N5O3S2/c1-21(27(2,24)25)14-10-8-13(9-11-14)16(23)12-26-17-18-19-20-22(17)15-6-4-3-5-7-15/h3-11H,12H2,1-2H3. The third kappa shape index (κ3) is 4.52. The van der Waals surface area contributed by atoms with E-state index in [1.807, 2.05) is 30.3 Å². The van der Waals surface area contributed by atoms with Gasteiger partial charge in [-0.1, -0.05) is 30.0 Å². The summed E-state index contributed by atoms with van der Waals surface area (Å²) in [6.07, 6.45) is 1.12. The van der Waals surface area contributed by atoms with Crippen molar-refractivity contribution in [1.29, 1.82) is 0 Å². The molecule has 1 heterocycles. The molecular weight excluding hydrogens is 386 g/mol. The van der Waals surface area contributed by atoms with Crippen LogP contribution in [0.25, 0.3) is 5.69 Å². The van der Waals surface area contributed by atoms with Crippen molar-refractivity contribution >= 4 is 33.3 Å². The van der Waals surface area contributed by atoms with Gasteiger partial charge in [0.1, 0.15) is 0 Å². The first-order valence-electron chi connectivity index (χ1n) is 7.90. The molecule has 0 unspecified atom stereocenters. The van der Waals surface area contributed by atoms with Crippen LogP contribution in [0.4, 0.5) is 5.69 Å². The van der Waals surface area contributed by atoms with E-state index in [-0.39, 0.29) is 11.5 Å². The SMILES string of the molecule is CN(c1ccc(C(=O)CSc2nnnn2-c2ccccc2)cc1)S(C)(=O)=O. The highest BCUT2D eigenvalue weighted by Gasteiger charge is 2.15. The molecule has 0 spiro atoms. The first kappa shape index (κ1) is 19.1. The number of sulfonamides is 1. The maximum absolute atomic E-state index is 12.4. The van der Waals surface area contributed by atoms with Crippen molar-refractivity contribution < 1.29 is 13.2 Å². The Morgan fingerprint density at radius 3 is 2.41 bits per heavy atom. The minimum absolute atomic E-state index is 0.101. The van der Waals surface area contributed by atoms with Crippen LogP contribution in [0.5, 0.6) is 0 Å². The number of nitrogens with zero attached hydrogens (tertiary/aromatic N) is 5. The zero-order valence-electron chi connectivity index (χ0n) is 14.7. The van der Waals surface area contributed by atoms with E-state index in [1.165, 1.54) is 18.8 Å². The van der Waals surface area contributed by atoms with Gasteiger partial charge in [0.25, 0.3) is 0 Å². The van der Waals surface area contributed by atoms with Gasteiger partial charge in [0.2, 0.25) is 15.2 Å². The summed E-state index contributed by atoms with van der Waals surface area (Å²) in [7, 11) is -1.88. The third-order valence-corrected chi connectivity index (χ3v) is 5.95. The lowest BCUT2D eigenvalue weighted by atomic mass is 10.1. The molecule has 0 fully saturated rings. The summed E-state index contributed by atoms with van der Waals surface area (Å²) >= 11 is 1.24. The number of tetrazole rings is 1. The molecule has 0 saturated carbocycles. The van der Waals surface area contributed by atoms with Gasteiger partial charge in [0, 0.05) is 12.6 Å². The van der Waals surface area contributed by atoms with E-state index in [4.69, 9.17) is 0 Å². The zero-order valence-corrected chi connectivity index (χ0v) is 16.3. The molecule has 0 amide bonds. The monoisotopic (exact) mass is 403 g/mol. The highest BCUT2D eigenvalue weighted by molar-refractivity contribution is 7.99. The molecule has 0 saturated heterocycles. The van der Waals surface area contributed by atoms with Crippen molar-refractivity contribution in [1.82, 2.24) is 20.2 Å². The molecular formula is C17H17N5O3S2. The van der Waals surface area contributed by atoms with Gasteiger partial charge in [0.15, 0.2) is 5.78 Å². The Bertz CT molecular complexity index is 1030. The van der Waals surface area contributed by atoms with Crippen LogP contribution >= 0.6 is 11.8 Å². The van der Waals surface area contributed by atoms with Crippen molar-refractivity contribution in [2.45, 2.75) is 5.16 Å². The van der Waals surface area contributed by atoms with Gasteiger partial charge in [-0.3, -0.25) is 9.10 Å². The van der Waals surface area contributed by atoms with Gasteiger partial charge >= 0.3 is 0 Å². The van der Waals surface area contributed by atoms with Crippen LogP contribution in [0.3, 0.4) is 0 Å². The summed E-state index contributed by atoms with van der Waals surface area (Å²) in [5.74, 6) is 0.0604. The molecule has 2 aromatic carbocycles. The van der Waals surface area contributed by atoms with E-state index in [0.29, 0.717) is 16.4 Å². The van der Waals surface area contributed by atoms with Gasteiger partial charge < -0.3 is 0 Å². The maximum Gasteiger partial charge on any atom is 0.231 e. The Morgan fingerprint density at radius 1 is 1.11 bits per heavy atom. The van der Waals surface area contributed by atoms with Crippen molar-refractivity contribution in [2.75, 3.05) is 23.4 Å². The summed E-state index contributed by atoms with van der Waals surface area (Å²) in [5.41, 5.74) is 1.80. The van der Waals surface area contributed by atoms with E-state index in [9.17, 15) is 13.2 Å². The number of hydrogen-bond donors (Lipinski definition) is 0. The number of anilines is 1. The van der Waals surface area contributed by atoms with Gasteiger partial charge in [-0.2, -0.15) is 4.68 Å². The summed E-state index contributed by atoms with van der Waals surface area (Å²) in [6, 6.07) is 15.8. The van der Waals surface area contributed by atoms with Crippen molar-refractivity contribution in [3.63, 3.8) is 0 Å². The Balaban J connectivity index is 1.68. The molecule has 0 N–H and O–H groups in total. The molecule has 140 valence electrons. The van der Waals surface area contributed by atoms with Crippen LogP contribution in [0.1, 0.15) is 10.4 Å². The Hall–Kier alpha value is -2.72. The van der Waals surface area contributed by atoms with Crippen molar-refractivity contribution in [3.05, 3.63) is 60.2 Å². The second kappa shape index (κ2) is 7.89. The quantitative estimate of drug-likeness (QED) is 0.440. The molecule has 0 aliphatic carbocycles. The maximum atomic E-state index is 12.4. The Labute approximate surface area is 161 Å². The first-order valence-corrected chi connectivity index (χ1v) is 10.7. The van der Waals surface area contributed by atoms with Crippen molar-refractivity contribution in [3.8, 4) is 5.69 Å². The van der Waals surface area contributed by atoms with E-state index < -0.39 is 10.0 Å². The number of rotatable bonds is 7. The Kier molecular flexibility index (Phi) is 5.57. The topological polar surface area (TPSA) is 98.1 Å².